The molecule has 1 aromatic carbocycles. The molecule has 0 unspecified atom stereocenters. The number of nitrogens with one attached hydrogen (secondary N) is 1. The van der Waals surface area contributed by atoms with Crippen LogP contribution in [-0.4, -0.2) is 11.6 Å². The molecule has 3 nitrogen and oxygen atoms in total. The molecule has 0 spiro atoms. The van der Waals surface area contributed by atoms with E-state index < -0.39 is 0 Å². The van der Waals surface area contributed by atoms with Crippen molar-refractivity contribution in [2.75, 3.05) is 0 Å². The first-order chi connectivity index (χ1) is 7.66. The Morgan fingerprint density at radius 3 is 2.88 bits per heavy atom. The van der Waals surface area contributed by atoms with Gasteiger partial charge >= 0.3 is 0 Å². The van der Waals surface area contributed by atoms with Crippen molar-refractivity contribution in [3.8, 4) is 0 Å². The van der Waals surface area contributed by atoms with E-state index in [0.717, 1.165) is 5.71 Å². The molecule has 1 aliphatic rings. The van der Waals surface area contributed by atoms with Gasteiger partial charge in [-0.1, -0.05) is 17.7 Å². The first kappa shape index (κ1) is 11.1. The Morgan fingerprint density at radius 2 is 2.25 bits per heavy atom. The van der Waals surface area contributed by atoms with E-state index in [9.17, 15) is 4.79 Å². The Labute approximate surface area is 99.5 Å². The normalized spacial score (nSPS) is 16.0. The largest absolute Gasteiger partial charge is 0.271 e. The maximum Gasteiger partial charge on any atom is 0.271 e. The zero-order chi connectivity index (χ0) is 11.5. The van der Waals surface area contributed by atoms with Crippen molar-refractivity contribution in [3.05, 3.63) is 34.9 Å². The summed E-state index contributed by atoms with van der Waals surface area (Å²) in [5.74, 6) is 0.349. The average Bonchev–Trinajstić information content (AvgIpc) is 3.09. The molecule has 1 fully saturated rings. The zero-order valence-electron chi connectivity index (χ0n) is 9.03. The van der Waals surface area contributed by atoms with Crippen LogP contribution in [0.1, 0.15) is 30.1 Å². The molecule has 0 aliphatic heterocycles. The minimum Gasteiger partial charge on any atom is -0.267 e. The third-order valence-electron chi connectivity index (χ3n) is 2.59. The van der Waals surface area contributed by atoms with Gasteiger partial charge in [-0.15, -0.1) is 0 Å². The lowest BCUT2D eigenvalue weighted by atomic mass is 10.2. The molecule has 1 saturated carbocycles. The van der Waals surface area contributed by atoms with Gasteiger partial charge in [0.2, 0.25) is 0 Å². The van der Waals surface area contributed by atoms with Crippen LogP contribution in [0.25, 0.3) is 0 Å². The number of amides is 1. The van der Waals surface area contributed by atoms with Gasteiger partial charge in [0.25, 0.3) is 5.91 Å². The van der Waals surface area contributed by atoms with E-state index in [1.807, 2.05) is 6.92 Å². The van der Waals surface area contributed by atoms with E-state index in [0.29, 0.717) is 16.5 Å². The van der Waals surface area contributed by atoms with Crippen LogP contribution in [0.2, 0.25) is 5.02 Å². The van der Waals surface area contributed by atoms with E-state index in [1.54, 1.807) is 24.3 Å². The molecular weight excluding hydrogens is 224 g/mol. The van der Waals surface area contributed by atoms with Gasteiger partial charge < -0.3 is 0 Å². The molecule has 1 amide bonds. The van der Waals surface area contributed by atoms with Crippen molar-refractivity contribution in [3.63, 3.8) is 0 Å². The first-order valence-corrected chi connectivity index (χ1v) is 5.64. The van der Waals surface area contributed by atoms with E-state index in [4.69, 9.17) is 11.6 Å². The number of nitrogens with zero attached hydrogens (tertiary/aromatic N) is 1. The Hall–Kier alpha value is -1.35. The SMILES string of the molecule is C/C(=N/NC(=O)c1cccc(Cl)c1)C1CC1. The van der Waals surface area contributed by atoms with E-state index in [-0.39, 0.29) is 5.91 Å². The lowest BCUT2D eigenvalue weighted by Crippen LogP contribution is -2.19. The van der Waals surface area contributed by atoms with Crippen molar-refractivity contribution >= 4 is 23.2 Å². The van der Waals surface area contributed by atoms with Gasteiger partial charge in [-0.3, -0.25) is 4.79 Å². The molecule has 1 aliphatic carbocycles. The number of hydrazone groups is 1. The Kier molecular flexibility index (Phi) is 3.25. The fourth-order valence-electron chi connectivity index (χ4n) is 1.43. The van der Waals surface area contributed by atoms with Crippen LogP contribution in [0.5, 0.6) is 0 Å². The quantitative estimate of drug-likeness (QED) is 0.636. The van der Waals surface area contributed by atoms with Crippen molar-refractivity contribution in [2.24, 2.45) is 11.0 Å². The van der Waals surface area contributed by atoms with E-state index in [2.05, 4.69) is 10.5 Å². The van der Waals surface area contributed by atoms with E-state index in [1.165, 1.54) is 12.8 Å². The van der Waals surface area contributed by atoms with Crippen LogP contribution >= 0.6 is 11.6 Å². The number of halogens is 1. The molecule has 0 radical (unpaired) electrons. The number of carbonyl (C=O) groups excluding carboxylic acids is 1. The van der Waals surface area contributed by atoms with Gasteiger partial charge in [-0.05, 0) is 43.9 Å². The molecule has 0 aromatic heterocycles. The highest BCUT2D eigenvalue weighted by Crippen LogP contribution is 2.30. The topological polar surface area (TPSA) is 41.5 Å². The number of hydrogen-bond acceptors (Lipinski definition) is 2. The third kappa shape index (κ3) is 2.83. The average molecular weight is 237 g/mol. The van der Waals surface area contributed by atoms with Gasteiger partial charge in [0.05, 0.1) is 0 Å². The smallest absolute Gasteiger partial charge is 0.267 e. The van der Waals surface area contributed by atoms with Crippen LogP contribution < -0.4 is 5.43 Å². The molecule has 2 rings (SSSR count). The molecule has 0 saturated heterocycles. The minimum atomic E-state index is -0.220. The summed E-state index contributed by atoms with van der Waals surface area (Å²) in [6.45, 7) is 1.94. The van der Waals surface area contributed by atoms with Crippen LogP contribution in [0, 0.1) is 5.92 Å². The maximum absolute atomic E-state index is 11.7. The Balaban J connectivity index is 2.00. The molecule has 0 bridgehead atoms. The van der Waals surface area contributed by atoms with E-state index >= 15 is 0 Å². The van der Waals surface area contributed by atoms with Crippen molar-refractivity contribution < 1.29 is 4.79 Å². The van der Waals surface area contributed by atoms with Crippen LogP contribution in [-0.2, 0) is 0 Å². The highest BCUT2D eigenvalue weighted by molar-refractivity contribution is 6.30. The Bertz CT molecular complexity index is 438. The summed E-state index contributed by atoms with van der Waals surface area (Å²) in [5.41, 5.74) is 4.06. The highest BCUT2D eigenvalue weighted by atomic mass is 35.5. The lowest BCUT2D eigenvalue weighted by Gasteiger charge is -2.01. The van der Waals surface area contributed by atoms with Crippen molar-refractivity contribution in [1.82, 2.24) is 5.43 Å². The third-order valence-corrected chi connectivity index (χ3v) is 2.82. The fraction of sp³-hybridized carbons (Fsp3) is 0.333. The molecule has 4 heteroatoms. The van der Waals surface area contributed by atoms with Gasteiger partial charge in [0.1, 0.15) is 0 Å². The predicted molar refractivity (Wildman–Crippen MR) is 64.8 cm³/mol. The second kappa shape index (κ2) is 4.66. The number of hydrogen-bond donors (Lipinski definition) is 1. The molecule has 1 aromatic rings. The van der Waals surface area contributed by atoms with Crippen molar-refractivity contribution in [2.45, 2.75) is 19.8 Å². The second-order valence-electron chi connectivity index (χ2n) is 3.98. The summed E-state index contributed by atoms with van der Waals surface area (Å²) in [4.78, 5) is 11.7. The highest BCUT2D eigenvalue weighted by Gasteiger charge is 2.24. The summed E-state index contributed by atoms with van der Waals surface area (Å²) in [6, 6.07) is 6.81. The molecule has 1 N–H and O–H groups in total. The monoisotopic (exact) mass is 236 g/mol. The predicted octanol–water partition coefficient (Wildman–Crippen LogP) is 2.86. The summed E-state index contributed by atoms with van der Waals surface area (Å²) in [7, 11) is 0. The summed E-state index contributed by atoms with van der Waals surface area (Å²) in [6.07, 6.45) is 2.37. The van der Waals surface area contributed by atoms with Crippen molar-refractivity contribution in [1.29, 1.82) is 0 Å². The summed E-state index contributed by atoms with van der Waals surface area (Å²) < 4.78 is 0. The number of carbonyl (C=O) groups is 1. The number of rotatable bonds is 3. The standard InChI is InChI=1S/C12H13ClN2O/c1-8(9-5-6-9)14-15-12(16)10-3-2-4-11(13)7-10/h2-4,7,9H,5-6H2,1H3,(H,15,16)/b14-8-. The van der Waals surface area contributed by atoms with Gasteiger partial charge in [0, 0.05) is 16.3 Å². The number of benzene rings is 1. The van der Waals surface area contributed by atoms with Gasteiger partial charge in [0.15, 0.2) is 0 Å². The second-order valence-corrected chi connectivity index (χ2v) is 4.42. The van der Waals surface area contributed by atoms with Gasteiger partial charge in [-0.25, -0.2) is 5.43 Å². The Morgan fingerprint density at radius 1 is 1.50 bits per heavy atom. The first-order valence-electron chi connectivity index (χ1n) is 5.27. The summed E-state index contributed by atoms with van der Waals surface area (Å²) in [5, 5.41) is 4.62. The minimum absolute atomic E-state index is 0.220. The lowest BCUT2D eigenvalue weighted by molar-refractivity contribution is 0.0954. The zero-order valence-corrected chi connectivity index (χ0v) is 9.79. The summed E-state index contributed by atoms with van der Waals surface area (Å²) >= 11 is 5.80. The molecule has 0 heterocycles. The van der Waals surface area contributed by atoms with Crippen LogP contribution in [0.15, 0.2) is 29.4 Å². The van der Waals surface area contributed by atoms with Crippen LogP contribution in [0.4, 0.5) is 0 Å². The van der Waals surface area contributed by atoms with Gasteiger partial charge in [-0.2, -0.15) is 5.10 Å². The molecule has 84 valence electrons. The molecule has 16 heavy (non-hydrogen) atoms. The molecular formula is C12H13ClN2O. The molecule has 0 atom stereocenters. The fourth-order valence-corrected chi connectivity index (χ4v) is 1.62. The maximum atomic E-state index is 11.7. The van der Waals surface area contributed by atoms with Crippen LogP contribution in [0.3, 0.4) is 0 Å².